The zero-order valence-corrected chi connectivity index (χ0v) is 12.1. The lowest BCUT2D eigenvalue weighted by Crippen LogP contribution is -2.52. The topological polar surface area (TPSA) is 142 Å². The Labute approximate surface area is 124 Å². The Morgan fingerprint density at radius 1 is 1.23 bits per heavy atom. The van der Waals surface area contributed by atoms with Crippen molar-refractivity contribution in [2.45, 2.75) is 38.6 Å². The molecule has 0 spiro atoms. The molecule has 0 amide bonds. The van der Waals surface area contributed by atoms with Gasteiger partial charge in [0.15, 0.2) is 12.2 Å². The monoisotopic (exact) mass is 317 g/mol. The largest absolute Gasteiger partial charge is 0.462 e. The molecule has 1 aliphatic carbocycles. The number of carbonyl (C=O) groups excluding carboxylic acids is 3. The maximum atomic E-state index is 11.2. The molecule has 0 aromatic rings. The molecular formula is C12H15NO9. The summed E-state index contributed by atoms with van der Waals surface area (Å²) in [5, 5.41) is 21.6. The van der Waals surface area contributed by atoms with Gasteiger partial charge in [0.1, 0.15) is 6.61 Å². The summed E-state index contributed by atoms with van der Waals surface area (Å²) in [4.78, 5) is 43.3. The van der Waals surface area contributed by atoms with Crippen LogP contribution in [0.15, 0.2) is 11.8 Å². The Balaban J connectivity index is 3.21. The Morgan fingerprint density at radius 3 is 2.18 bits per heavy atom. The van der Waals surface area contributed by atoms with E-state index in [-0.39, 0.29) is 0 Å². The first-order chi connectivity index (χ1) is 10.1. The molecule has 0 saturated heterocycles. The summed E-state index contributed by atoms with van der Waals surface area (Å²) in [5.74, 6) is -2.45. The predicted octanol–water partition coefficient (Wildman–Crippen LogP) is -0.682. The maximum Gasteiger partial charge on any atom is 0.303 e. The Bertz CT molecular complexity index is 541. The van der Waals surface area contributed by atoms with Crippen molar-refractivity contribution in [2.75, 3.05) is 6.61 Å². The van der Waals surface area contributed by atoms with Crippen LogP contribution in [0.1, 0.15) is 20.8 Å². The molecule has 10 heteroatoms. The predicted molar refractivity (Wildman–Crippen MR) is 67.8 cm³/mol. The summed E-state index contributed by atoms with van der Waals surface area (Å²) in [6.45, 7) is 2.28. The van der Waals surface area contributed by atoms with Crippen LogP contribution in [0.2, 0.25) is 0 Å². The van der Waals surface area contributed by atoms with Crippen molar-refractivity contribution in [2.24, 2.45) is 0 Å². The molecule has 0 unspecified atom stereocenters. The molecule has 0 radical (unpaired) electrons. The number of nitrogens with zero attached hydrogens (tertiary/aromatic N) is 1. The molecule has 122 valence electrons. The van der Waals surface area contributed by atoms with E-state index in [9.17, 15) is 29.6 Å². The van der Waals surface area contributed by atoms with Crippen molar-refractivity contribution < 1.29 is 38.6 Å². The zero-order valence-electron chi connectivity index (χ0n) is 12.1. The highest BCUT2D eigenvalue weighted by Gasteiger charge is 2.60. The van der Waals surface area contributed by atoms with Gasteiger partial charge in [-0.3, -0.25) is 24.5 Å². The maximum absolute atomic E-state index is 11.2. The molecule has 0 aromatic carbocycles. The first kappa shape index (κ1) is 17.6. The third-order valence-electron chi connectivity index (χ3n) is 2.82. The minimum Gasteiger partial charge on any atom is -0.462 e. The average Bonchev–Trinajstić information content (AvgIpc) is 2.61. The molecule has 3 atom stereocenters. The Morgan fingerprint density at radius 2 is 1.77 bits per heavy atom. The summed E-state index contributed by atoms with van der Waals surface area (Å²) in [6, 6.07) is 0. The molecule has 0 aromatic heterocycles. The van der Waals surface area contributed by atoms with E-state index >= 15 is 0 Å². The van der Waals surface area contributed by atoms with Crippen LogP contribution in [0.25, 0.3) is 0 Å². The Hall–Kier alpha value is -2.49. The highest BCUT2D eigenvalue weighted by Crippen LogP contribution is 2.36. The molecule has 0 saturated carbocycles. The van der Waals surface area contributed by atoms with Crippen LogP contribution in [0.5, 0.6) is 0 Å². The zero-order chi connectivity index (χ0) is 17.1. The smallest absolute Gasteiger partial charge is 0.303 e. The molecule has 0 heterocycles. The van der Waals surface area contributed by atoms with E-state index in [0.29, 0.717) is 0 Å². The van der Waals surface area contributed by atoms with Gasteiger partial charge in [0.25, 0.3) is 5.70 Å². The van der Waals surface area contributed by atoms with Gasteiger partial charge in [-0.25, -0.2) is 0 Å². The van der Waals surface area contributed by atoms with Crippen LogP contribution >= 0.6 is 0 Å². The van der Waals surface area contributed by atoms with Crippen molar-refractivity contribution in [1.82, 2.24) is 0 Å². The highest BCUT2D eigenvalue weighted by molar-refractivity contribution is 5.68. The lowest BCUT2D eigenvalue weighted by Gasteiger charge is -2.29. The molecule has 0 aliphatic heterocycles. The highest BCUT2D eigenvalue weighted by atomic mass is 16.6. The third kappa shape index (κ3) is 3.79. The molecule has 22 heavy (non-hydrogen) atoms. The van der Waals surface area contributed by atoms with Gasteiger partial charge in [0.05, 0.1) is 4.92 Å². The molecule has 1 N–H and O–H groups in total. The van der Waals surface area contributed by atoms with E-state index in [2.05, 4.69) is 4.74 Å². The van der Waals surface area contributed by atoms with Crippen LogP contribution in [0.3, 0.4) is 0 Å². The van der Waals surface area contributed by atoms with Gasteiger partial charge < -0.3 is 19.3 Å². The first-order valence-corrected chi connectivity index (χ1v) is 6.14. The molecular weight excluding hydrogens is 302 g/mol. The van der Waals surface area contributed by atoms with Crippen LogP contribution < -0.4 is 0 Å². The fraction of sp³-hybridized carbons (Fsp3) is 0.583. The SMILES string of the molecule is CC(=O)OC[C@@]1(O)C([N+](=O)[O-])=C[C@@H](OC(C)=O)[C@@H]1OC(C)=O. The Kier molecular flexibility index (Phi) is 5.20. The summed E-state index contributed by atoms with van der Waals surface area (Å²) in [5.41, 5.74) is -3.22. The molecule has 10 nitrogen and oxygen atoms in total. The van der Waals surface area contributed by atoms with Crippen molar-refractivity contribution in [3.8, 4) is 0 Å². The van der Waals surface area contributed by atoms with Crippen LogP contribution in [0, 0.1) is 10.1 Å². The molecule has 0 fully saturated rings. The standard InChI is InChI=1S/C12H15NO9/c1-6(14)20-5-12(17)10(13(18)19)4-9(21-7(2)15)11(12)22-8(3)16/h4,9,11,17H,5H2,1-3H3/t9-,11+,12-/m1/s1. The number of esters is 3. The second kappa shape index (κ2) is 6.52. The van der Waals surface area contributed by atoms with Gasteiger partial charge in [-0.05, 0) is 0 Å². The number of ether oxygens (including phenoxy) is 3. The van der Waals surface area contributed by atoms with Crippen molar-refractivity contribution >= 4 is 17.9 Å². The number of nitro groups is 1. The van der Waals surface area contributed by atoms with Crippen LogP contribution in [0.4, 0.5) is 0 Å². The van der Waals surface area contributed by atoms with Crippen molar-refractivity contribution in [3.05, 3.63) is 21.9 Å². The van der Waals surface area contributed by atoms with Crippen LogP contribution in [-0.2, 0) is 28.6 Å². The number of aliphatic hydroxyl groups is 1. The van der Waals surface area contributed by atoms with E-state index in [4.69, 9.17) is 9.47 Å². The quantitative estimate of drug-likeness (QED) is 0.302. The van der Waals surface area contributed by atoms with Gasteiger partial charge >= 0.3 is 17.9 Å². The van der Waals surface area contributed by atoms with Crippen molar-refractivity contribution in [3.63, 3.8) is 0 Å². The minimum absolute atomic E-state index is 0.786. The lowest BCUT2D eigenvalue weighted by molar-refractivity contribution is -0.446. The molecule has 0 bridgehead atoms. The summed E-state index contributed by atoms with van der Waals surface area (Å²) in [7, 11) is 0. The molecule has 1 rings (SSSR count). The summed E-state index contributed by atoms with van der Waals surface area (Å²) < 4.78 is 14.3. The molecule has 1 aliphatic rings. The number of rotatable bonds is 5. The van der Waals surface area contributed by atoms with Gasteiger partial charge in [-0.2, -0.15) is 0 Å². The van der Waals surface area contributed by atoms with E-state index in [1.54, 1.807) is 0 Å². The van der Waals surface area contributed by atoms with Gasteiger partial charge in [-0.1, -0.05) is 0 Å². The summed E-state index contributed by atoms with van der Waals surface area (Å²) in [6.07, 6.45) is -2.13. The van der Waals surface area contributed by atoms with E-state index < -0.39 is 52.9 Å². The van der Waals surface area contributed by atoms with Gasteiger partial charge in [0.2, 0.25) is 5.60 Å². The van der Waals surface area contributed by atoms with E-state index in [1.807, 2.05) is 0 Å². The second-order valence-electron chi connectivity index (χ2n) is 4.62. The minimum atomic E-state index is -2.43. The first-order valence-electron chi connectivity index (χ1n) is 6.14. The van der Waals surface area contributed by atoms with Crippen LogP contribution in [-0.4, -0.2) is 52.4 Å². The van der Waals surface area contributed by atoms with E-state index in [1.165, 1.54) is 0 Å². The number of hydrogen-bond donors (Lipinski definition) is 1. The third-order valence-corrected chi connectivity index (χ3v) is 2.82. The fourth-order valence-corrected chi connectivity index (χ4v) is 2.02. The van der Waals surface area contributed by atoms with Gasteiger partial charge in [-0.15, -0.1) is 0 Å². The van der Waals surface area contributed by atoms with Gasteiger partial charge in [0, 0.05) is 26.8 Å². The normalized spacial score (nSPS) is 26.8. The summed E-state index contributed by atoms with van der Waals surface area (Å²) >= 11 is 0. The fourth-order valence-electron chi connectivity index (χ4n) is 2.02. The average molecular weight is 317 g/mol. The second-order valence-corrected chi connectivity index (χ2v) is 4.62. The lowest BCUT2D eigenvalue weighted by atomic mass is 9.98. The van der Waals surface area contributed by atoms with Crippen molar-refractivity contribution in [1.29, 1.82) is 0 Å². The number of carbonyl (C=O) groups is 3. The van der Waals surface area contributed by atoms with E-state index in [0.717, 1.165) is 26.8 Å². The number of hydrogen-bond acceptors (Lipinski definition) is 9.